The van der Waals surface area contributed by atoms with E-state index in [-0.39, 0.29) is 17.5 Å². The monoisotopic (exact) mass is 186 g/mol. The maximum Gasteiger partial charge on any atom is 0.309 e. The van der Waals surface area contributed by atoms with Crippen molar-refractivity contribution >= 4 is 5.97 Å². The highest BCUT2D eigenvalue weighted by Gasteiger charge is 2.24. The van der Waals surface area contributed by atoms with Gasteiger partial charge in [-0.25, -0.2) is 0 Å². The van der Waals surface area contributed by atoms with Crippen molar-refractivity contribution in [3.63, 3.8) is 0 Å². The van der Waals surface area contributed by atoms with E-state index in [9.17, 15) is 4.79 Å². The first-order valence-corrected chi connectivity index (χ1v) is 5.00. The minimum absolute atomic E-state index is 0.00391. The van der Waals surface area contributed by atoms with Crippen molar-refractivity contribution in [3.05, 3.63) is 0 Å². The second-order valence-corrected chi connectivity index (χ2v) is 4.71. The average molecular weight is 186 g/mol. The minimum atomic E-state index is -0.362. The van der Waals surface area contributed by atoms with Crippen molar-refractivity contribution in [1.82, 2.24) is 0 Å². The summed E-state index contributed by atoms with van der Waals surface area (Å²) >= 11 is 0. The highest BCUT2D eigenvalue weighted by molar-refractivity contribution is 5.72. The largest absolute Gasteiger partial charge is 0.460 e. The molecule has 2 heteroatoms. The molecule has 0 aromatic rings. The fourth-order valence-electron chi connectivity index (χ4n) is 0.981. The molecule has 0 N–H and O–H groups in total. The van der Waals surface area contributed by atoms with E-state index in [4.69, 9.17) is 4.74 Å². The summed E-state index contributed by atoms with van der Waals surface area (Å²) in [5, 5.41) is 0. The Morgan fingerprint density at radius 3 is 2.08 bits per heavy atom. The standard InChI is InChI=1S/C11H22O2/c1-7-8(2)9(3)10(12)13-11(4,5)6/h8-9H,7H2,1-6H3/t8-,9+/m0/s1. The maximum absolute atomic E-state index is 11.5. The van der Waals surface area contributed by atoms with Crippen LogP contribution in [0.25, 0.3) is 0 Å². The van der Waals surface area contributed by atoms with E-state index in [1.165, 1.54) is 0 Å². The van der Waals surface area contributed by atoms with Gasteiger partial charge in [0, 0.05) is 0 Å². The van der Waals surface area contributed by atoms with Gasteiger partial charge in [0.15, 0.2) is 0 Å². The smallest absolute Gasteiger partial charge is 0.309 e. The first-order chi connectivity index (χ1) is 5.78. The topological polar surface area (TPSA) is 26.3 Å². The lowest BCUT2D eigenvalue weighted by Gasteiger charge is -2.24. The molecule has 78 valence electrons. The summed E-state index contributed by atoms with van der Waals surface area (Å²) in [6.45, 7) is 11.8. The molecule has 0 radical (unpaired) electrons. The van der Waals surface area contributed by atoms with Crippen LogP contribution in [0.2, 0.25) is 0 Å². The SMILES string of the molecule is CC[C@H](C)[C@@H](C)C(=O)OC(C)(C)C. The molecular weight excluding hydrogens is 164 g/mol. The lowest BCUT2D eigenvalue weighted by Crippen LogP contribution is -2.30. The Kier molecular flexibility index (Phi) is 4.45. The molecule has 0 amide bonds. The zero-order valence-corrected chi connectivity index (χ0v) is 9.68. The highest BCUT2D eigenvalue weighted by Crippen LogP contribution is 2.19. The third-order valence-electron chi connectivity index (χ3n) is 2.28. The quantitative estimate of drug-likeness (QED) is 0.633. The Labute approximate surface area is 81.7 Å². The van der Waals surface area contributed by atoms with Gasteiger partial charge in [0.1, 0.15) is 5.60 Å². The molecule has 0 rings (SSSR count). The fourth-order valence-corrected chi connectivity index (χ4v) is 0.981. The molecular formula is C11H22O2. The van der Waals surface area contributed by atoms with Gasteiger partial charge in [-0.3, -0.25) is 4.79 Å². The lowest BCUT2D eigenvalue weighted by molar-refractivity contribution is -0.161. The molecule has 0 aromatic heterocycles. The van der Waals surface area contributed by atoms with Crippen LogP contribution in [-0.2, 0) is 9.53 Å². The van der Waals surface area contributed by atoms with E-state index in [1.54, 1.807) is 0 Å². The van der Waals surface area contributed by atoms with Crippen molar-refractivity contribution in [2.24, 2.45) is 11.8 Å². The van der Waals surface area contributed by atoms with E-state index < -0.39 is 0 Å². The van der Waals surface area contributed by atoms with Gasteiger partial charge in [0.05, 0.1) is 5.92 Å². The first-order valence-electron chi connectivity index (χ1n) is 5.00. The Morgan fingerprint density at radius 1 is 1.31 bits per heavy atom. The lowest BCUT2D eigenvalue weighted by atomic mass is 9.93. The van der Waals surface area contributed by atoms with E-state index in [1.807, 2.05) is 27.7 Å². The Morgan fingerprint density at radius 2 is 1.77 bits per heavy atom. The van der Waals surface area contributed by atoms with Crippen molar-refractivity contribution in [2.45, 2.75) is 53.6 Å². The van der Waals surface area contributed by atoms with Crippen molar-refractivity contribution < 1.29 is 9.53 Å². The number of rotatable bonds is 3. The summed E-state index contributed by atoms with van der Waals surface area (Å²) in [7, 11) is 0. The Hall–Kier alpha value is -0.530. The minimum Gasteiger partial charge on any atom is -0.460 e. The normalized spacial score (nSPS) is 16.5. The molecule has 0 bridgehead atoms. The van der Waals surface area contributed by atoms with Gasteiger partial charge in [-0.05, 0) is 26.7 Å². The van der Waals surface area contributed by atoms with Crippen LogP contribution >= 0.6 is 0 Å². The predicted molar refractivity (Wildman–Crippen MR) is 54.5 cm³/mol. The van der Waals surface area contributed by atoms with Gasteiger partial charge in [0.25, 0.3) is 0 Å². The first kappa shape index (κ1) is 12.5. The van der Waals surface area contributed by atoms with Gasteiger partial charge in [-0.1, -0.05) is 27.2 Å². The van der Waals surface area contributed by atoms with Crippen molar-refractivity contribution in [2.75, 3.05) is 0 Å². The number of carbonyl (C=O) groups excluding carboxylic acids is 1. The highest BCUT2D eigenvalue weighted by atomic mass is 16.6. The molecule has 0 fully saturated rings. The van der Waals surface area contributed by atoms with Crippen LogP contribution in [0, 0.1) is 11.8 Å². The summed E-state index contributed by atoms with van der Waals surface area (Å²) in [6, 6.07) is 0. The number of hydrogen-bond acceptors (Lipinski definition) is 2. The molecule has 2 nitrogen and oxygen atoms in total. The number of carbonyl (C=O) groups is 1. The maximum atomic E-state index is 11.5. The fraction of sp³-hybridized carbons (Fsp3) is 0.909. The Bertz CT molecular complexity index is 167. The molecule has 0 aromatic carbocycles. The molecule has 0 unspecified atom stereocenters. The summed E-state index contributed by atoms with van der Waals surface area (Å²) in [6.07, 6.45) is 1.01. The molecule has 13 heavy (non-hydrogen) atoms. The summed E-state index contributed by atoms with van der Waals surface area (Å²) in [5.74, 6) is 0.320. The van der Waals surface area contributed by atoms with Gasteiger partial charge < -0.3 is 4.74 Å². The average Bonchev–Trinajstić information content (AvgIpc) is 1.98. The van der Waals surface area contributed by atoms with Gasteiger partial charge in [-0.15, -0.1) is 0 Å². The second-order valence-electron chi connectivity index (χ2n) is 4.71. The molecule has 0 aliphatic heterocycles. The van der Waals surface area contributed by atoms with Crippen LogP contribution in [0.1, 0.15) is 48.0 Å². The van der Waals surface area contributed by atoms with E-state index in [0.717, 1.165) is 6.42 Å². The summed E-state index contributed by atoms with van der Waals surface area (Å²) in [4.78, 5) is 11.5. The predicted octanol–water partition coefficient (Wildman–Crippen LogP) is 3.01. The van der Waals surface area contributed by atoms with Gasteiger partial charge in [0.2, 0.25) is 0 Å². The number of ether oxygens (including phenoxy) is 1. The van der Waals surface area contributed by atoms with E-state index in [2.05, 4.69) is 13.8 Å². The van der Waals surface area contributed by atoms with Gasteiger partial charge >= 0.3 is 5.97 Å². The zero-order valence-electron chi connectivity index (χ0n) is 9.68. The number of hydrogen-bond donors (Lipinski definition) is 0. The van der Waals surface area contributed by atoms with Crippen molar-refractivity contribution in [1.29, 1.82) is 0 Å². The van der Waals surface area contributed by atoms with Crippen LogP contribution in [0.3, 0.4) is 0 Å². The van der Waals surface area contributed by atoms with Crippen LogP contribution in [-0.4, -0.2) is 11.6 Å². The van der Waals surface area contributed by atoms with Crippen LogP contribution in [0.4, 0.5) is 0 Å². The molecule has 2 atom stereocenters. The van der Waals surface area contributed by atoms with Gasteiger partial charge in [-0.2, -0.15) is 0 Å². The number of esters is 1. The Balaban J connectivity index is 4.12. The molecule has 0 heterocycles. The molecule has 0 spiro atoms. The van der Waals surface area contributed by atoms with Crippen molar-refractivity contribution in [3.8, 4) is 0 Å². The molecule has 0 saturated carbocycles. The van der Waals surface area contributed by atoms with Crippen LogP contribution in [0.15, 0.2) is 0 Å². The molecule has 0 saturated heterocycles. The molecule has 0 aliphatic rings. The molecule has 0 aliphatic carbocycles. The van der Waals surface area contributed by atoms with E-state index in [0.29, 0.717) is 5.92 Å². The third kappa shape index (κ3) is 4.91. The zero-order chi connectivity index (χ0) is 10.6. The third-order valence-corrected chi connectivity index (χ3v) is 2.28. The second kappa shape index (κ2) is 4.64. The van der Waals surface area contributed by atoms with E-state index >= 15 is 0 Å². The summed E-state index contributed by atoms with van der Waals surface area (Å²) in [5.41, 5.74) is -0.362. The summed E-state index contributed by atoms with van der Waals surface area (Å²) < 4.78 is 5.28. The van der Waals surface area contributed by atoms with Crippen LogP contribution in [0.5, 0.6) is 0 Å². The van der Waals surface area contributed by atoms with Crippen LogP contribution < -0.4 is 0 Å².